The number of pyridine rings is 2. The van der Waals surface area contributed by atoms with Gasteiger partial charge in [0, 0.05) is 60.5 Å². The van der Waals surface area contributed by atoms with Gasteiger partial charge in [-0.25, -0.2) is 0 Å². The Morgan fingerprint density at radius 3 is 1.43 bits per heavy atom. The molecule has 0 radical (unpaired) electrons. The van der Waals surface area contributed by atoms with Crippen molar-refractivity contribution in [2.24, 2.45) is 11.5 Å². The predicted octanol–water partition coefficient (Wildman–Crippen LogP) is 5.97. The van der Waals surface area contributed by atoms with Crippen LogP contribution in [0.1, 0.15) is 47.4 Å². The van der Waals surface area contributed by atoms with Crippen LogP contribution >= 0.6 is 21.6 Å². The van der Waals surface area contributed by atoms with Crippen LogP contribution in [0.4, 0.5) is 0 Å². The molecule has 2 aliphatic rings. The summed E-state index contributed by atoms with van der Waals surface area (Å²) in [4.78, 5) is 40.6. The Bertz CT molecular complexity index is 2110. The van der Waals surface area contributed by atoms with E-state index in [1.54, 1.807) is 12.4 Å². The van der Waals surface area contributed by atoms with E-state index in [0.717, 1.165) is 59.6 Å². The highest BCUT2D eigenvalue weighted by Crippen LogP contribution is 2.36. The van der Waals surface area contributed by atoms with E-state index in [9.17, 15) is 9.59 Å². The van der Waals surface area contributed by atoms with Crippen molar-refractivity contribution in [3.05, 3.63) is 144 Å². The molecule has 0 aliphatic carbocycles. The van der Waals surface area contributed by atoms with Crippen molar-refractivity contribution >= 4 is 33.4 Å². The van der Waals surface area contributed by atoms with E-state index in [1.165, 1.54) is 32.7 Å². The van der Waals surface area contributed by atoms with Crippen molar-refractivity contribution < 1.29 is 9.59 Å². The van der Waals surface area contributed by atoms with Crippen LogP contribution < -0.4 is 11.5 Å². The highest BCUT2D eigenvalue weighted by atomic mass is 33.1. The molecule has 12 nitrogen and oxygen atoms in total. The standard InChI is InChI=1S/C44H48N10O2S2/c45-35(43(55)51-21-23-53-41(25-37(49-53)33-13-7-19-47-27-33)39(51)17-15-31-9-3-1-4-10-31)29-57-58-30-36(46)44(56)52-22-24-54-42(26-38(50-54)34-14-8-20-48-28-34)40(52)18-16-32-11-5-2-6-12-32/h1-14,19-20,25-28,35-36,39-40H,15-18,21-24,29-30,45-46H2/t35-,36-,39?,40?/m0/s1. The van der Waals surface area contributed by atoms with E-state index in [2.05, 4.69) is 46.4 Å². The summed E-state index contributed by atoms with van der Waals surface area (Å²) in [5.74, 6) is 0.621. The van der Waals surface area contributed by atoms with Gasteiger partial charge in [0.25, 0.3) is 0 Å². The fraction of sp³-hybridized carbons (Fsp3) is 0.318. The molecule has 58 heavy (non-hydrogen) atoms. The molecule has 6 aromatic rings. The normalized spacial score (nSPS) is 17.3. The van der Waals surface area contributed by atoms with Crippen molar-refractivity contribution in [2.75, 3.05) is 24.6 Å². The van der Waals surface area contributed by atoms with Gasteiger partial charge in [-0.3, -0.25) is 28.9 Å². The first-order valence-corrected chi connectivity index (χ1v) is 22.3. The molecular formula is C44H48N10O2S2. The second kappa shape index (κ2) is 18.5. The van der Waals surface area contributed by atoms with Crippen LogP contribution in [0.2, 0.25) is 0 Å². The van der Waals surface area contributed by atoms with Crippen LogP contribution in [-0.4, -0.2) is 87.8 Å². The van der Waals surface area contributed by atoms with E-state index in [4.69, 9.17) is 21.7 Å². The summed E-state index contributed by atoms with van der Waals surface area (Å²) >= 11 is 0. The summed E-state index contributed by atoms with van der Waals surface area (Å²) in [6.07, 6.45) is 10.2. The average molecular weight is 813 g/mol. The van der Waals surface area contributed by atoms with Crippen LogP contribution in [0.15, 0.2) is 122 Å². The molecule has 14 heteroatoms. The van der Waals surface area contributed by atoms with Crippen LogP contribution in [0.25, 0.3) is 22.5 Å². The van der Waals surface area contributed by atoms with Gasteiger partial charge in [-0.1, -0.05) is 82.3 Å². The fourth-order valence-corrected chi connectivity index (χ4v) is 10.2. The largest absolute Gasteiger partial charge is 0.331 e. The zero-order chi connectivity index (χ0) is 39.8. The molecule has 6 heterocycles. The molecule has 0 bridgehead atoms. The molecule has 4 aromatic heterocycles. The summed E-state index contributed by atoms with van der Waals surface area (Å²) in [6.45, 7) is 2.22. The number of nitrogens with two attached hydrogens (primary N) is 2. The van der Waals surface area contributed by atoms with E-state index in [-0.39, 0.29) is 23.9 Å². The van der Waals surface area contributed by atoms with Gasteiger partial charge in [-0.15, -0.1) is 0 Å². The number of aryl methyl sites for hydroxylation is 2. The Morgan fingerprint density at radius 2 is 1.03 bits per heavy atom. The lowest BCUT2D eigenvalue weighted by Crippen LogP contribution is -2.50. The molecule has 2 unspecified atom stereocenters. The number of rotatable bonds is 15. The SMILES string of the molecule is N[C@@H](CSSC[C@H](N)C(=O)N1CCn2nc(-c3cccnc3)cc2C1CCc1ccccc1)C(=O)N1CCn2nc(-c3cccnc3)cc2C1CCc1ccccc1. The van der Waals surface area contributed by atoms with Crippen molar-refractivity contribution in [1.82, 2.24) is 39.3 Å². The number of hydrogen-bond donors (Lipinski definition) is 2. The lowest BCUT2D eigenvalue weighted by Gasteiger charge is -2.38. The Hall–Kier alpha value is -5.28. The first-order valence-electron chi connectivity index (χ1n) is 19.8. The quantitative estimate of drug-likeness (QED) is 0.0937. The van der Waals surface area contributed by atoms with E-state index in [0.29, 0.717) is 37.7 Å². The van der Waals surface area contributed by atoms with Crippen molar-refractivity contribution in [1.29, 1.82) is 0 Å². The van der Waals surface area contributed by atoms with Gasteiger partial charge < -0.3 is 21.3 Å². The Kier molecular flexibility index (Phi) is 12.6. The lowest BCUT2D eigenvalue weighted by molar-refractivity contribution is -0.136. The highest BCUT2D eigenvalue weighted by Gasteiger charge is 2.36. The third kappa shape index (κ3) is 9.05. The van der Waals surface area contributed by atoms with Crippen molar-refractivity contribution in [3.8, 4) is 22.5 Å². The molecule has 0 saturated heterocycles. The number of hydrogen-bond acceptors (Lipinski definition) is 10. The summed E-state index contributed by atoms with van der Waals surface area (Å²) in [5, 5.41) is 9.79. The molecule has 0 spiro atoms. The van der Waals surface area contributed by atoms with Gasteiger partial charge in [-0.05, 0) is 73.2 Å². The molecule has 8 rings (SSSR count). The molecule has 4 N–H and O–H groups in total. The Labute approximate surface area is 346 Å². The van der Waals surface area contributed by atoms with Gasteiger partial charge >= 0.3 is 0 Å². The van der Waals surface area contributed by atoms with Crippen LogP contribution in [-0.2, 0) is 35.5 Å². The highest BCUT2D eigenvalue weighted by molar-refractivity contribution is 8.76. The molecule has 0 saturated carbocycles. The van der Waals surface area contributed by atoms with Gasteiger partial charge in [0.2, 0.25) is 11.8 Å². The van der Waals surface area contributed by atoms with Crippen molar-refractivity contribution in [2.45, 2.75) is 62.9 Å². The number of carbonyl (C=O) groups excluding carboxylic acids is 2. The van der Waals surface area contributed by atoms with Crippen LogP contribution in [0.5, 0.6) is 0 Å². The third-order valence-corrected chi connectivity index (χ3v) is 13.4. The maximum Gasteiger partial charge on any atom is 0.241 e. The van der Waals surface area contributed by atoms with Gasteiger partial charge in [0.1, 0.15) is 0 Å². The van der Waals surface area contributed by atoms with E-state index < -0.39 is 12.1 Å². The maximum absolute atomic E-state index is 14.1. The number of amides is 2. The van der Waals surface area contributed by atoms with Gasteiger partial charge in [0.15, 0.2) is 0 Å². The number of carbonyl (C=O) groups is 2. The second-order valence-electron chi connectivity index (χ2n) is 14.8. The molecule has 2 aliphatic heterocycles. The molecule has 2 aromatic carbocycles. The van der Waals surface area contributed by atoms with Gasteiger partial charge in [0.05, 0.1) is 60.0 Å². The average Bonchev–Trinajstić information content (AvgIpc) is 3.92. The summed E-state index contributed by atoms with van der Waals surface area (Å²) < 4.78 is 4.05. The topological polar surface area (TPSA) is 154 Å². The minimum absolute atomic E-state index is 0.0845. The minimum Gasteiger partial charge on any atom is -0.331 e. The molecule has 0 fully saturated rings. The number of aromatic nitrogens is 6. The second-order valence-corrected chi connectivity index (χ2v) is 17.3. The summed E-state index contributed by atoms with van der Waals surface area (Å²) in [7, 11) is 2.98. The zero-order valence-electron chi connectivity index (χ0n) is 32.3. The molecule has 298 valence electrons. The Morgan fingerprint density at radius 1 is 0.603 bits per heavy atom. The lowest BCUT2D eigenvalue weighted by atomic mass is 9.98. The first-order chi connectivity index (χ1) is 28.4. The smallest absolute Gasteiger partial charge is 0.241 e. The molecule has 4 atom stereocenters. The molecular weight excluding hydrogens is 765 g/mol. The minimum atomic E-state index is -0.713. The van der Waals surface area contributed by atoms with Gasteiger partial charge in [-0.2, -0.15) is 10.2 Å². The number of nitrogens with zero attached hydrogens (tertiary/aromatic N) is 8. The fourth-order valence-electron chi connectivity index (χ4n) is 7.95. The monoisotopic (exact) mass is 812 g/mol. The van der Waals surface area contributed by atoms with E-state index in [1.807, 2.05) is 92.2 Å². The van der Waals surface area contributed by atoms with Crippen LogP contribution in [0, 0.1) is 0 Å². The summed E-state index contributed by atoms with van der Waals surface area (Å²) in [6, 6.07) is 30.9. The zero-order valence-corrected chi connectivity index (χ0v) is 33.9. The Balaban J connectivity index is 0.898. The van der Waals surface area contributed by atoms with Crippen molar-refractivity contribution in [3.63, 3.8) is 0 Å². The van der Waals surface area contributed by atoms with Crippen LogP contribution in [0.3, 0.4) is 0 Å². The molecule has 2 amide bonds. The first kappa shape index (κ1) is 39.5. The maximum atomic E-state index is 14.1. The predicted molar refractivity (Wildman–Crippen MR) is 230 cm³/mol. The number of fused-ring (bicyclic) bond motifs is 2. The third-order valence-electron chi connectivity index (χ3n) is 11.0. The number of benzene rings is 2. The summed E-state index contributed by atoms with van der Waals surface area (Å²) in [5.41, 5.74) is 21.3. The van der Waals surface area contributed by atoms with E-state index >= 15 is 0 Å².